The van der Waals surface area contributed by atoms with Gasteiger partial charge in [0.15, 0.2) is 11.5 Å². The highest BCUT2D eigenvalue weighted by molar-refractivity contribution is 7.89. The van der Waals surface area contributed by atoms with E-state index in [0.29, 0.717) is 46.8 Å². The van der Waals surface area contributed by atoms with Gasteiger partial charge in [-0.15, -0.1) is 0 Å². The van der Waals surface area contributed by atoms with E-state index in [1.54, 1.807) is 30.3 Å². The Hall–Kier alpha value is -3.75. The highest BCUT2D eigenvalue weighted by Gasteiger charge is 2.28. The molecule has 1 fully saturated rings. The van der Waals surface area contributed by atoms with Crippen LogP contribution in [0, 0.1) is 5.92 Å². The molecule has 4 aromatic rings. The summed E-state index contributed by atoms with van der Waals surface area (Å²) in [6, 6.07) is 22.1. The molecule has 3 aromatic carbocycles. The Kier molecular flexibility index (Phi) is 6.95. The average Bonchev–Trinajstić information content (AvgIpc) is 3.30. The molecule has 8 heteroatoms. The highest BCUT2D eigenvalue weighted by atomic mass is 32.2. The molecule has 0 aliphatic carbocycles. The SMILES string of the molecule is CC1CCN(S(=O)(=O)c2ccc(C(=O)CNc3c(C(=O)c4ccccc4)oc4ccccc34)cc2)CC1. The van der Waals surface area contributed by atoms with Crippen LogP contribution < -0.4 is 5.32 Å². The van der Waals surface area contributed by atoms with Gasteiger partial charge in [0, 0.05) is 29.6 Å². The molecule has 0 bridgehead atoms. The van der Waals surface area contributed by atoms with E-state index in [9.17, 15) is 18.0 Å². The zero-order chi connectivity index (χ0) is 26.0. The minimum Gasteiger partial charge on any atom is -0.450 e. The number of carbonyl (C=O) groups is 2. The van der Waals surface area contributed by atoms with Crippen molar-refractivity contribution in [2.75, 3.05) is 25.0 Å². The normalized spacial score (nSPS) is 15.1. The van der Waals surface area contributed by atoms with E-state index < -0.39 is 10.0 Å². The molecule has 0 radical (unpaired) electrons. The largest absolute Gasteiger partial charge is 0.450 e. The Balaban J connectivity index is 1.34. The van der Waals surface area contributed by atoms with Crippen molar-refractivity contribution in [3.05, 3.63) is 95.7 Å². The molecule has 1 aliphatic rings. The molecule has 0 unspecified atom stereocenters. The minimum absolute atomic E-state index is 0.0886. The van der Waals surface area contributed by atoms with Crippen molar-refractivity contribution >= 4 is 38.2 Å². The molecule has 5 rings (SSSR count). The molecular weight excluding hydrogens is 488 g/mol. The highest BCUT2D eigenvalue weighted by Crippen LogP contribution is 2.32. The summed E-state index contributed by atoms with van der Waals surface area (Å²) in [7, 11) is -3.58. The maximum Gasteiger partial charge on any atom is 0.243 e. The van der Waals surface area contributed by atoms with Gasteiger partial charge in [0.05, 0.1) is 17.1 Å². The molecule has 0 atom stereocenters. The smallest absolute Gasteiger partial charge is 0.243 e. The lowest BCUT2D eigenvalue weighted by molar-refractivity contribution is 0.0997. The van der Waals surface area contributed by atoms with Crippen LogP contribution in [0.25, 0.3) is 11.0 Å². The van der Waals surface area contributed by atoms with Crippen molar-refractivity contribution in [3.8, 4) is 0 Å². The predicted octanol–water partition coefficient (Wildman–Crippen LogP) is 5.38. The third-order valence-corrected chi connectivity index (χ3v) is 8.73. The number of ketones is 2. The monoisotopic (exact) mass is 516 g/mol. The van der Waals surface area contributed by atoms with Crippen molar-refractivity contribution in [3.63, 3.8) is 0 Å². The van der Waals surface area contributed by atoms with E-state index in [0.717, 1.165) is 12.8 Å². The van der Waals surface area contributed by atoms with Gasteiger partial charge in [-0.3, -0.25) is 9.59 Å². The number of nitrogens with zero attached hydrogens (tertiary/aromatic N) is 1. The number of hydrogen-bond donors (Lipinski definition) is 1. The molecule has 1 saturated heterocycles. The number of para-hydroxylation sites is 1. The quantitative estimate of drug-likeness (QED) is 0.316. The van der Waals surface area contributed by atoms with Crippen LogP contribution in [0.15, 0.2) is 88.2 Å². The number of hydrogen-bond acceptors (Lipinski definition) is 6. The lowest BCUT2D eigenvalue weighted by atomic mass is 10.0. The second-order valence-electron chi connectivity index (χ2n) is 9.39. The van der Waals surface area contributed by atoms with Crippen LogP contribution in [0.5, 0.6) is 0 Å². The molecule has 0 spiro atoms. The van der Waals surface area contributed by atoms with Crippen molar-refractivity contribution in [2.24, 2.45) is 5.92 Å². The lowest BCUT2D eigenvalue weighted by Gasteiger charge is -2.29. The zero-order valence-corrected chi connectivity index (χ0v) is 21.3. The minimum atomic E-state index is -3.58. The summed E-state index contributed by atoms with van der Waals surface area (Å²) < 4.78 is 33.4. The first-order valence-corrected chi connectivity index (χ1v) is 13.8. The van der Waals surface area contributed by atoms with Gasteiger partial charge in [0.25, 0.3) is 0 Å². The number of sulfonamides is 1. The molecule has 0 saturated carbocycles. The van der Waals surface area contributed by atoms with Crippen LogP contribution >= 0.6 is 0 Å². The van der Waals surface area contributed by atoms with E-state index in [-0.39, 0.29) is 28.8 Å². The number of nitrogens with one attached hydrogen (secondary N) is 1. The summed E-state index contributed by atoms with van der Waals surface area (Å²) in [6.45, 7) is 3.06. The number of rotatable bonds is 8. The van der Waals surface area contributed by atoms with Crippen molar-refractivity contribution in [2.45, 2.75) is 24.7 Å². The van der Waals surface area contributed by atoms with Crippen molar-refractivity contribution in [1.29, 1.82) is 0 Å². The van der Waals surface area contributed by atoms with Crippen LogP contribution in [0.1, 0.15) is 46.2 Å². The van der Waals surface area contributed by atoms with E-state index >= 15 is 0 Å². The standard InChI is InChI=1S/C29H28N2O5S/c1-20-15-17-31(18-16-20)37(34,35)23-13-11-21(12-14-23)25(32)19-30-27-24-9-5-6-10-26(24)36-29(27)28(33)22-7-3-2-4-8-22/h2-14,20,30H,15-19H2,1H3. The number of benzene rings is 3. The van der Waals surface area contributed by atoms with Gasteiger partial charge in [-0.2, -0.15) is 4.31 Å². The number of fused-ring (bicyclic) bond motifs is 1. The van der Waals surface area contributed by atoms with E-state index in [2.05, 4.69) is 12.2 Å². The maximum absolute atomic E-state index is 13.2. The van der Waals surface area contributed by atoms with E-state index in [1.165, 1.54) is 28.6 Å². The first-order chi connectivity index (χ1) is 17.8. The van der Waals surface area contributed by atoms with Crippen LogP contribution in [0.3, 0.4) is 0 Å². The summed E-state index contributed by atoms with van der Waals surface area (Å²) in [6.07, 6.45) is 1.69. The Bertz CT molecular complexity index is 1530. The molecule has 7 nitrogen and oxygen atoms in total. The fourth-order valence-corrected chi connectivity index (χ4v) is 6.03. The fourth-order valence-electron chi connectivity index (χ4n) is 4.56. The molecular formula is C29H28N2O5S. The third-order valence-electron chi connectivity index (χ3n) is 6.82. The third kappa shape index (κ3) is 5.08. The zero-order valence-electron chi connectivity index (χ0n) is 20.5. The van der Waals surface area contributed by atoms with E-state index in [1.807, 2.05) is 24.3 Å². The van der Waals surface area contributed by atoms with Gasteiger partial charge in [-0.05, 0) is 55.2 Å². The number of anilines is 1. The van der Waals surface area contributed by atoms with Crippen molar-refractivity contribution < 1.29 is 22.4 Å². The molecule has 1 aliphatic heterocycles. The van der Waals surface area contributed by atoms with Gasteiger partial charge >= 0.3 is 0 Å². The topological polar surface area (TPSA) is 96.7 Å². The first-order valence-electron chi connectivity index (χ1n) is 12.3. The summed E-state index contributed by atoms with van der Waals surface area (Å²) >= 11 is 0. The number of piperidine rings is 1. The summed E-state index contributed by atoms with van der Waals surface area (Å²) in [5.41, 5.74) is 1.85. The Morgan fingerprint density at radius 1 is 0.892 bits per heavy atom. The van der Waals surface area contributed by atoms with Gasteiger partial charge in [0.1, 0.15) is 5.58 Å². The second-order valence-corrected chi connectivity index (χ2v) is 11.3. The van der Waals surface area contributed by atoms with E-state index in [4.69, 9.17) is 4.42 Å². The Morgan fingerprint density at radius 2 is 1.54 bits per heavy atom. The number of Topliss-reactive ketones (excluding diaryl/α,β-unsaturated/α-hetero) is 1. The molecule has 0 amide bonds. The molecule has 2 heterocycles. The molecule has 1 N–H and O–H groups in total. The second kappa shape index (κ2) is 10.3. The molecule has 1 aromatic heterocycles. The number of carbonyl (C=O) groups excluding carboxylic acids is 2. The summed E-state index contributed by atoms with van der Waals surface area (Å²) in [5, 5.41) is 3.80. The fraction of sp³-hybridized carbons (Fsp3) is 0.241. The Labute approximate surface area is 216 Å². The Morgan fingerprint density at radius 3 is 2.24 bits per heavy atom. The van der Waals surface area contributed by atoms with Crippen LogP contribution in [0.4, 0.5) is 5.69 Å². The van der Waals surface area contributed by atoms with Crippen LogP contribution in [0.2, 0.25) is 0 Å². The average molecular weight is 517 g/mol. The first kappa shape index (κ1) is 24.9. The van der Waals surface area contributed by atoms with Gasteiger partial charge in [-0.25, -0.2) is 8.42 Å². The number of furan rings is 1. The lowest BCUT2D eigenvalue weighted by Crippen LogP contribution is -2.37. The molecule has 190 valence electrons. The predicted molar refractivity (Wildman–Crippen MR) is 143 cm³/mol. The van der Waals surface area contributed by atoms with Gasteiger partial charge < -0.3 is 9.73 Å². The summed E-state index contributed by atoms with van der Waals surface area (Å²) in [4.78, 5) is 26.3. The van der Waals surface area contributed by atoms with Crippen molar-refractivity contribution in [1.82, 2.24) is 4.31 Å². The van der Waals surface area contributed by atoms with Gasteiger partial charge in [0.2, 0.25) is 15.8 Å². The van der Waals surface area contributed by atoms with Crippen LogP contribution in [-0.4, -0.2) is 43.9 Å². The summed E-state index contributed by atoms with van der Waals surface area (Å²) in [5.74, 6) is 0.139. The maximum atomic E-state index is 13.2. The van der Waals surface area contributed by atoms with Crippen LogP contribution in [-0.2, 0) is 10.0 Å². The van der Waals surface area contributed by atoms with Gasteiger partial charge in [-0.1, -0.05) is 49.4 Å². The molecule has 37 heavy (non-hydrogen) atoms.